The molecule has 0 aliphatic carbocycles. The molecular weight excluding hydrogens is 522 g/mol. The number of halogens is 2. The van der Waals surface area contributed by atoms with Crippen LogP contribution in [0.1, 0.15) is 45.5 Å². The number of carboxylic acids is 1. The monoisotopic (exact) mass is 550 g/mol. The van der Waals surface area contributed by atoms with E-state index < -0.39 is 51.4 Å². The third-order valence-corrected chi connectivity index (χ3v) is 6.45. The molecule has 0 amide bonds. The summed E-state index contributed by atoms with van der Waals surface area (Å²) in [6.45, 7) is 0.831. The van der Waals surface area contributed by atoms with E-state index in [-0.39, 0.29) is 12.4 Å². The summed E-state index contributed by atoms with van der Waals surface area (Å²) in [5.41, 5.74) is 1.44. The van der Waals surface area contributed by atoms with Crippen LogP contribution in [0.2, 0.25) is 0 Å². The second-order valence-electron chi connectivity index (χ2n) is 8.82. The molecule has 0 saturated heterocycles. The Balaban J connectivity index is 2.01. The summed E-state index contributed by atoms with van der Waals surface area (Å²) in [6, 6.07) is 20.6. The fourth-order valence-corrected chi connectivity index (χ4v) is 4.89. The normalized spacial score (nSPS) is 13.8. The zero-order valence-electron chi connectivity index (χ0n) is 20.6. The first-order valence-electron chi connectivity index (χ1n) is 11.5. The van der Waals surface area contributed by atoms with Crippen LogP contribution in [0.4, 0.5) is 8.78 Å². The van der Waals surface area contributed by atoms with E-state index in [1.165, 1.54) is 12.1 Å². The third kappa shape index (κ3) is 7.35. The number of ether oxygens (including phenoxy) is 1. The van der Waals surface area contributed by atoms with Crippen LogP contribution >= 0.6 is 0 Å². The summed E-state index contributed by atoms with van der Waals surface area (Å²) >= 11 is 0. The van der Waals surface area contributed by atoms with Gasteiger partial charge in [-0.25, -0.2) is 13.6 Å². The number of aromatic carboxylic acids is 1. The quantitative estimate of drug-likeness (QED) is 0.228. The van der Waals surface area contributed by atoms with E-state index in [2.05, 4.69) is 0 Å². The number of hydrogen-bond donors (Lipinski definition) is 3. The first-order valence-corrected chi connectivity index (χ1v) is 13.3. The molecule has 0 fully saturated rings. The number of aliphatic hydroxyl groups is 2. The molecule has 38 heavy (non-hydrogen) atoms. The fraction of sp³-hybridized carbons (Fsp3) is 0.296. The Hall–Kier alpha value is -3.38. The molecule has 3 N–H and O–H groups in total. The highest BCUT2D eigenvalue weighted by atomic mass is 32.2. The first-order chi connectivity index (χ1) is 17.8. The van der Waals surface area contributed by atoms with Crippen molar-refractivity contribution in [2.24, 2.45) is 0 Å². The standard InChI is InChI=1S/C27H28F2O8S/c1-17(37-38(2,34)35)24(27(28,29)26(32)33)23-21(25(30)31)12-7-13-22(23)36-16-20-11-6-10-19(15-20)14-18-8-4-3-5-9-18/h3-13,15,17,24,26,32-33H,14,16H2,1-2H3,(H,30,31)/t17-,24+/m1/s1. The molecule has 0 bridgehead atoms. The van der Waals surface area contributed by atoms with Gasteiger partial charge < -0.3 is 20.1 Å². The molecule has 0 saturated carbocycles. The maximum absolute atomic E-state index is 15.1. The summed E-state index contributed by atoms with van der Waals surface area (Å²) in [5, 5.41) is 28.6. The van der Waals surface area contributed by atoms with Crippen LogP contribution in [0.25, 0.3) is 0 Å². The number of carbonyl (C=O) groups is 1. The minimum absolute atomic E-state index is 0.139. The average Bonchev–Trinajstić information content (AvgIpc) is 2.82. The minimum Gasteiger partial charge on any atom is -0.489 e. The predicted molar refractivity (Wildman–Crippen MR) is 135 cm³/mol. The van der Waals surface area contributed by atoms with Gasteiger partial charge in [-0.2, -0.15) is 8.42 Å². The summed E-state index contributed by atoms with van der Waals surface area (Å²) < 4.78 is 64.2. The first kappa shape index (κ1) is 29.2. The molecule has 0 aliphatic rings. The lowest BCUT2D eigenvalue weighted by Gasteiger charge is -2.33. The predicted octanol–water partition coefficient (Wildman–Crippen LogP) is 3.95. The highest BCUT2D eigenvalue weighted by Crippen LogP contribution is 2.45. The van der Waals surface area contributed by atoms with Crippen molar-refractivity contribution in [3.63, 3.8) is 0 Å². The second kappa shape index (κ2) is 12.0. The molecule has 0 radical (unpaired) electrons. The Labute approximate surface area is 219 Å². The van der Waals surface area contributed by atoms with Crippen molar-refractivity contribution in [3.05, 3.63) is 101 Å². The van der Waals surface area contributed by atoms with E-state index in [1.54, 1.807) is 12.1 Å². The number of carboxylic acid groups (broad SMARTS) is 1. The molecule has 0 unspecified atom stereocenters. The van der Waals surface area contributed by atoms with Gasteiger partial charge in [0.1, 0.15) is 12.4 Å². The van der Waals surface area contributed by atoms with E-state index in [1.807, 2.05) is 42.5 Å². The van der Waals surface area contributed by atoms with Gasteiger partial charge in [0.05, 0.1) is 23.8 Å². The topological polar surface area (TPSA) is 130 Å². The van der Waals surface area contributed by atoms with Crippen LogP contribution in [-0.2, 0) is 27.3 Å². The molecule has 0 spiro atoms. The molecule has 204 valence electrons. The van der Waals surface area contributed by atoms with Crippen molar-refractivity contribution in [1.29, 1.82) is 0 Å². The van der Waals surface area contributed by atoms with Crippen LogP contribution in [0.15, 0.2) is 72.8 Å². The van der Waals surface area contributed by atoms with Gasteiger partial charge in [-0.1, -0.05) is 60.7 Å². The largest absolute Gasteiger partial charge is 0.489 e. The fourth-order valence-electron chi connectivity index (χ4n) is 4.23. The number of hydrogen-bond acceptors (Lipinski definition) is 7. The Morgan fingerprint density at radius 2 is 1.55 bits per heavy atom. The summed E-state index contributed by atoms with van der Waals surface area (Å²) in [4.78, 5) is 12.0. The van der Waals surface area contributed by atoms with Crippen molar-refractivity contribution in [2.45, 2.75) is 44.2 Å². The minimum atomic E-state index is -4.41. The third-order valence-electron chi connectivity index (χ3n) is 5.80. The molecule has 2 atom stereocenters. The van der Waals surface area contributed by atoms with Gasteiger partial charge in [0.25, 0.3) is 10.1 Å². The molecule has 0 aromatic heterocycles. The van der Waals surface area contributed by atoms with Gasteiger partial charge in [0.15, 0.2) is 0 Å². The SMILES string of the molecule is C[C@@H](OS(C)(=O)=O)[C@@H](c1c(OCc2cccc(Cc3ccccc3)c2)cccc1C(=O)O)C(F)(F)C(O)O. The molecule has 0 heterocycles. The Bertz CT molecular complexity index is 1360. The van der Waals surface area contributed by atoms with Gasteiger partial charge in [-0.05, 0) is 42.2 Å². The zero-order valence-corrected chi connectivity index (χ0v) is 21.4. The molecular formula is C27H28F2O8S. The van der Waals surface area contributed by atoms with Crippen molar-refractivity contribution in [3.8, 4) is 5.75 Å². The van der Waals surface area contributed by atoms with E-state index >= 15 is 8.78 Å². The van der Waals surface area contributed by atoms with Crippen LogP contribution in [0.3, 0.4) is 0 Å². The van der Waals surface area contributed by atoms with Crippen LogP contribution in [0, 0.1) is 0 Å². The summed E-state index contributed by atoms with van der Waals surface area (Å²) in [7, 11) is -4.28. The molecule has 3 aromatic carbocycles. The van der Waals surface area contributed by atoms with Crippen molar-refractivity contribution in [2.75, 3.05) is 6.26 Å². The average molecular weight is 551 g/mol. The zero-order chi connectivity index (χ0) is 28.1. The number of benzene rings is 3. The maximum atomic E-state index is 15.1. The van der Waals surface area contributed by atoms with Gasteiger partial charge in [0, 0.05) is 5.56 Å². The Morgan fingerprint density at radius 1 is 0.947 bits per heavy atom. The lowest BCUT2D eigenvalue weighted by Crippen LogP contribution is -2.45. The lowest BCUT2D eigenvalue weighted by molar-refractivity contribution is -0.228. The van der Waals surface area contributed by atoms with Gasteiger partial charge in [0.2, 0.25) is 6.29 Å². The summed E-state index contributed by atoms with van der Waals surface area (Å²) in [5.74, 6) is -8.73. The molecule has 3 aromatic rings. The van der Waals surface area contributed by atoms with E-state index in [0.29, 0.717) is 18.2 Å². The number of rotatable bonds is 12. The molecule has 11 heteroatoms. The second-order valence-corrected chi connectivity index (χ2v) is 10.4. The van der Waals surface area contributed by atoms with Crippen molar-refractivity contribution >= 4 is 16.1 Å². The number of aliphatic hydroxyl groups excluding tert-OH is 1. The highest BCUT2D eigenvalue weighted by molar-refractivity contribution is 7.86. The lowest BCUT2D eigenvalue weighted by atomic mass is 9.84. The van der Waals surface area contributed by atoms with Gasteiger partial charge in [-0.15, -0.1) is 0 Å². The highest BCUT2D eigenvalue weighted by Gasteiger charge is 2.52. The van der Waals surface area contributed by atoms with Crippen molar-refractivity contribution < 1.29 is 46.2 Å². The Kier molecular flexibility index (Phi) is 9.21. The van der Waals surface area contributed by atoms with E-state index in [0.717, 1.165) is 24.1 Å². The molecule has 0 aliphatic heterocycles. The van der Waals surface area contributed by atoms with Crippen LogP contribution in [0.5, 0.6) is 5.75 Å². The summed E-state index contributed by atoms with van der Waals surface area (Å²) in [6.07, 6.45) is -3.87. The molecule has 8 nitrogen and oxygen atoms in total. The van der Waals surface area contributed by atoms with Crippen LogP contribution in [-0.4, -0.2) is 54.3 Å². The number of alkyl halides is 2. The van der Waals surface area contributed by atoms with E-state index in [9.17, 15) is 28.5 Å². The van der Waals surface area contributed by atoms with Crippen molar-refractivity contribution in [1.82, 2.24) is 0 Å². The Morgan fingerprint density at radius 3 is 2.16 bits per heavy atom. The van der Waals surface area contributed by atoms with E-state index in [4.69, 9.17) is 8.92 Å². The van der Waals surface area contributed by atoms with Gasteiger partial charge >= 0.3 is 11.9 Å². The van der Waals surface area contributed by atoms with Gasteiger partial charge in [-0.3, -0.25) is 4.18 Å². The van der Waals surface area contributed by atoms with Crippen LogP contribution < -0.4 is 4.74 Å². The molecule has 3 rings (SSSR count). The maximum Gasteiger partial charge on any atom is 0.336 e. The smallest absolute Gasteiger partial charge is 0.336 e.